The number of nitrogens with zero attached hydrogens (tertiary/aromatic N) is 2. The first-order chi connectivity index (χ1) is 15.2. The lowest BCUT2D eigenvalue weighted by atomic mass is 10.1. The highest BCUT2D eigenvalue weighted by Crippen LogP contribution is 2.23. The van der Waals surface area contributed by atoms with Crippen LogP contribution in [0.5, 0.6) is 0 Å². The molecule has 0 aliphatic carbocycles. The zero-order chi connectivity index (χ0) is 22.9. The minimum Gasteiger partial charge on any atom is -0.339 e. The van der Waals surface area contributed by atoms with Gasteiger partial charge >= 0.3 is 0 Å². The highest BCUT2D eigenvalue weighted by molar-refractivity contribution is 7.92. The zero-order valence-corrected chi connectivity index (χ0v) is 19.4. The summed E-state index contributed by atoms with van der Waals surface area (Å²) in [6, 6.07) is 18.1. The molecule has 0 N–H and O–H groups in total. The van der Waals surface area contributed by atoms with Gasteiger partial charge in [-0.3, -0.25) is 4.79 Å². The van der Waals surface area contributed by atoms with Crippen molar-refractivity contribution in [3.63, 3.8) is 0 Å². The number of hydrogen-bond donors (Lipinski definition) is 0. The van der Waals surface area contributed by atoms with Crippen LogP contribution in [0.25, 0.3) is 10.8 Å². The van der Waals surface area contributed by atoms with Crippen molar-refractivity contribution in [1.29, 1.82) is 0 Å². The Kier molecular flexibility index (Phi) is 6.26. The number of piperazine rings is 1. The Morgan fingerprint density at radius 3 is 2.03 bits per heavy atom. The SMILES string of the molecule is O=C(CS(=O)(=O)c1ccc(Cl)cc1)N1CCN(S(=O)(=O)c2ccc3ccccc3c2)CC1. The third-order valence-electron chi connectivity index (χ3n) is 5.44. The lowest BCUT2D eigenvalue weighted by molar-refractivity contribution is -0.129. The topological polar surface area (TPSA) is 91.8 Å². The lowest BCUT2D eigenvalue weighted by Crippen LogP contribution is -2.51. The van der Waals surface area contributed by atoms with E-state index >= 15 is 0 Å². The van der Waals surface area contributed by atoms with Crippen LogP contribution in [0.3, 0.4) is 0 Å². The second kappa shape index (κ2) is 8.82. The standard InChI is InChI=1S/C22H21ClN2O5S2/c23-19-6-9-20(10-7-19)31(27,28)16-22(26)24-11-13-25(14-12-24)32(29,30)21-8-5-17-3-1-2-4-18(17)15-21/h1-10,15H,11-14,16H2. The molecule has 1 aliphatic heterocycles. The van der Waals surface area contributed by atoms with E-state index in [1.165, 1.54) is 33.5 Å². The molecule has 0 bridgehead atoms. The molecule has 10 heteroatoms. The molecular formula is C22H21ClN2O5S2. The summed E-state index contributed by atoms with van der Waals surface area (Å²) in [4.78, 5) is 14.2. The first kappa shape index (κ1) is 22.7. The fourth-order valence-corrected chi connectivity index (χ4v) is 6.44. The summed E-state index contributed by atoms with van der Waals surface area (Å²) >= 11 is 5.79. The number of carbonyl (C=O) groups excluding carboxylic acids is 1. The number of fused-ring (bicyclic) bond motifs is 1. The molecule has 32 heavy (non-hydrogen) atoms. The van der Waals surface area contributed by atoms with Crippen LogP contribution in [0.2, 0.25) is 5.02 Å². The van der Waals surface area contributed by atoms with Gasteiger partial charge in [0.2, 0.25) is 15.9 Å². The summed E-state index contributed by atoms with van der Waals surface area (Å²) in [7, 11) is -7.53. The molecule has 0 radical (unpaired) electrons. The third kappa shape index (κ3) is 4.66. The minimum absolute atomic E-state index is 0.0211. The van der Waals surface area contributed by atoms with Gasteiger partial charge < -0.3 is 4.90 Å². The number of sulfone groups is 1. The van der Waals surface area contributed by atoms with Gasteiger partial charge in [-0.05, 0) is 47.2 Å². The number of hydrogen-bond acceptors (Lipinski definition) is 5. The molecule has 0 aromatic heterocycles. The van der Waals surface area contributed by atoms with Gasteiger partial charge in [0.05, 0.1) is 9.79 Å². The Bertz CT molecular complexity index is 1360. The summed E-state index contributed by atoms with van der Waals surface area (Å²) in [5.74, 6) is -1.23. The van der Waals surface area contributed by atoms with E-state index in [-0.39, 0.29) is 36.0 Å². The van der Waals surface area contributed by atoms with Crippen molar-refractivity contribution in [2.45, 2.75) is 9.79 Å². The summed E-state index contributed by atoms with van der Waals surface area (Å²) in [6.45, 7) is 0.452. The fraction of sp³-hybridized carbons (Fsp3) is 0.227. The van der Waals surface area contributed by atoms with E-state index in [1.54, 1.807) is 18.2 Å². The summed E-state index contributed by atoms with van der Waals surface area (Å²) < 4.78 is 52.5. The Morgan fingerprint density at radius 1 is 0.781 bits per heavy atom. The van der Waals surface area contributed by atoms with E-state index in [9.17, 15) is 21.6 Å². The molecule has 1 saturated heterocycles. The van der Waals surface area contributed by atoms with Crippen molar-refractivity contribution in [1.82, 2.24) is 9.21 Å². The van der Waals surface area contributed by atoms with Crippen LogP contribution in [0.15, 0.2) is 76.5 Å². The van der Waals surface area contributed by atoms with E-state index in [0.29, 0.717) is 5.02 Å². The highest BCUT2D eigenvalue weighted by atomic mass is 35.5. The Balaban J connectivity index is 1.42. The molecule has 0 atom stereocenters. The molecular weight excluding hydrogens is 472 g/mol. The van der Waals surface area contributed by atoms with Gasteiger partial charge in [0.25, 0.3) is 0 Å². The van der Waals surface area contributed by atoms with Gasteiger partial charge in [0.15, 0.2) is 9.84 Å². The van der Waals surface area contributed by atoms with Gasteiger partial charge in [-0.15, -0.1) is 0 Å². The number of halogens is 1. The van der Waals surface area contributed by atoms with Gasteiger partial charge in [-0.25, -0.2) is 16.8 Å². The van der Waals surface area contributed by atoms with Crippen LogP contribution < -0.4 is 0 Å². The molecule has 1 amide bonds. The first-order valence-electron chi connectivity index (χ1n) is 9.92. The van der Waals surface area contributed by atoms with E-state index in [0.717, 1.165) is 10.8 Å². The molecule has 1 fully saturated rings. The van der Waals surface area contributed by atoms with Crippen molar-refractivity contribution in [2.75, 3.05) is 31.9 Å². The zero-order valence-electron chi connectivity index (χ0n) is 17.0. The molecule has 1 heterocycles. The molecule has 168 valence electrons. The molecule has 3 aromatic carbocycles. The van der Waals surface area contributed by atoms with Gasteiger partial charge in [-0.2, -0.15) is 4.31 Å². The molecule has 0 unspecified atom stereocenters. The van der Waals surface area contributed by atoms with Crippen LogP contribution in [0, 0.1) is 0 Å². The van der Waals surface area contributed by atoms with Crippen LogP contribution in [0.1, 0.15) is 0 Å². The average molecular weight is 493 g/mol. The Morgan fingerprint density at radius 2 is 1.38 bits per heavy atom. The van der Waals surface area contributed by atoms with Crippen molar-refractivity contribution in [3.8, 4) is 0 Å². The second-order valence-electron chi connectivity index (χ2n) is 7.51. The Hall–Kier alpha value is -2.46. The summed E-state index contributed by atoms with van der Waals surface area (Å²) in [6.07, 6.45) is 0. The van der Waals surface area contributed by atoms with Crippen LogP contribution >= 0.6 is 11.6 Å². The second-order valence-corrected chi connectivity index (χ2v) is 11.9. The summed E-state index contributed by atoms with van der Waals surface area (Å²) in [5, 5.41) is 2.18. The maximum atomic E-state index is 13.1. The predicted octanol–water partition coefficient (Wildman–Crippen LogP) is 2.80. The maximum Gasteiger partial charge on any atom is 0.243 e. The maximum absolute atomic E-state index is 13.1. The van der Waals surface area contributed by atoms with E-state index in [1.807, 2.05) is 24.3 Å². The predicted molar refractivity (Wildman–Crippen MR) is 123 cm³/mol. The van der Waals surface area contributed by atoms with Crippen molar-refractivity contribution < 1.29 is 21.6 Å². The molecule has 7 nitrogen and oxygen atoms in total. The normalized spacial score (nSPS) is 15.7. The number of sulfonamides is 1. The van der Waals surface area contributed by atoms with E-state index in [2.05, 4.69) is 0 Å². The molecule has 4 rings (SSSR count). The number of amides is 1. The summed E-state index contributed by atoms with van der Waals surface area (Å²) in [5.41, 5.74) is 0. The van der Waals surface area contributed by atoms with Crippen LogP contribution in [-0.2, 0) is 24.7 Å². The van der Waals surface area contributed by atoms with Crippen molar-refractivity contribution in [3.05, 3.63) is 71.8 Å². The van der Waals surface area contributed by atoms with Crippen LogP contribution in [-0.4, -0.2) is 63.9 Å². The van der Waals surface area contributed by atoms with Gasteiger partial charge in [0.1, 0.15) is 5.75 Å². The largest absolute Gasteiger partial charge is 0.339 e. The smallest absolute Gasteiger partial charge is 0.243 e. The fourth-order valence-electron chi connectivity index (χ4n) is 3.63. The monoisotopic (exact) mass is 492 g/mol. The highest BCUT2D eigenvalue weighted by Gasteiger charge is 2.32. The van der Waals surface area contributed by atoms with E-state index < -0.39 is 31.5 Å². The number of benzene rings is 3. The van der Waals surface area contributed by atoms with E-state index in [4.69, 9.17) is 11.6 Å². The van der Waals surface area contributed by atoms with Crippen LogP contribution in [0.4, 0.5) is 0 Å². The molecule has 1 aliphatic rings. The molecule has 0 spiro atoms. The molecule has 3 aromatic rings. The van der Waals surface area contributed by atoms with Crippen molar-refractivity contribution >= 4 is 48.1 Å². The Labute approximate surface area is 192 Å². The lowest BCUT2D eigenvalue weighted by Gasteiger charge is -2.34. The number of carbonyl (C=O) groups is 1. The molecule has 0 saturated carbocycles. The quantitative estimate of drug-likeness (QED) is 0.546. The number of rotatable bonds is 5. The van der Waals surface area contributed by atoms with Crippen molar-refractivity contribution in [2.24, 2.45) is 0 Å². The van der Waals surface area contributed by atoms with Gasteiger partial charge in [-0.1, -0.05) is 41.9 Å². The minimum atomic E-state index is -3.81. The third-order valence-corrected chi connectivity index (χ3v) is 9.20. The first-order valence-corrected chi connectivity index (χ1v) is 13.4. The van der Waals surface area contributed by atoms with Gasteiger partial charge in [0, 0.05) is 31.2 Å². The average Bonchev–Trinajstić information content (AvgIpc) is 2.79.